The van der Waals surface area contributed by atoms with E-state index in [0.717, 1.165) is 47.7 Å². The second kappa shape index (κ2) is 11.3. The molecule has 1 saturated carbocycles. The Balaban J connectivity index is 1.88. The first-order valence-electron chi connectivity index (χ1n) is 10.9. The van der Waals surface area contributed by atoms with Gasteiger partial charge in [0.1, 0.15) is 6.04 Å². The van der Waals surface area contributed by atoms with Crippen molar-refractivity contribution < 1.29 is 9.59 Å². The smallest absolute Gasteiger partial charge is 0.243 e. The minimum atomic E-state index is -0.522. The summed E-state index contributed by atoms with van der Waals surface area (Å²) in [6, 6.07) is 17.6. The van der Waals surface area contributed by atoms with Crippen LogP contribution in [0.5, 0.6) is 0 Å². The molecular weight excluding hydrogens is 440 g/mol. The maximum Gasteiger partial charge on any atom is 0.243 e. The van der Waals surface area contributed by atoms with Gasteiger partial charge in [0.2, 0.25) is 11.8 Å². The fourth-order valence-corrected chi connectivity index (χ4v) is 4.56. The lowest BCUT2D eigenvalue weighted by Gasteiger charge is -2.32. The van der Waals surface area contributed by atoms with Crippen molar-refractivity contribution in [2.45, 2.75) is 70.5 Å². The number of rotatable bonds is 9. The minimum Gasteiger partial charge on any atom is -0.352 e. The predicted molar refractivity (Wildman–Crippen MR) is 124 cm³/mol. The van der Waals surface area contributed by atoms with Gasteiger partial charge in [-0.1, -0.05) is 78.2 Å². The van der Waals surface area contributed by atoms with Crippen LogP contribution in [0.4, 0.5) is 0 Å². The van der Waals surface area contributed by atoms with E-state index in [1.165, 1.54) is 0 Å². The molecule has 0 bridgehead atoms. The highest BCUT2D eigenvalue weighted by molar-refractivity contribution is 9.10. The molecule has 1 aliphatic rings. The number of nitrogens with one attached hydrogen (secondary N) is 1. The SMILES string of the molecule is CCCC(=O)N(Cc1cccc(Br)c1)C(Cc1ccccc1)C(=O)NC1CCCC1. The van der Waals surface area contributed by atoms with E-state index in [1.807, 2.05) is 61.5 Å². The average molecular weight is 471 g/mol. The summed E-state index contributed by atoms with van der Waals surface area (Å²) in [5, 5.41) is 3.23. The summed E-state index contributed by atoms with van der Waals surface area (Å²) in [4.78, 5) is 28.3. The van der Waals surface area contributed by atoms with Crippen molar-refractivity contribution in [2.75, 3.05) is 0 Å². The minimum absolute atomic E-state index is 0.0278. The predicted octanol–water partition coefficient (Wildman–Crippen LogP) is 5.25. The topological polar surface area (TPSA) is 49.4 Å². The number of hydrogen-bond donors (Lipinski definition) is 1. The van der Waals surface area contributed by atoms with Crippen molar-refractivity contribution >= 4 is 27.7 Å². The highest BCUT2D eigenvalue weighted by Crippen LogP contribution is 2.21. The Morgan fingerprint density at radius 3 is 2.43 bits per heavy atom. The van der Waals surface area contributed by atoms with Crippen molar-refractivity contribution in [3.63, 3.8) is 0 Å². The Hall–Kier alpha value is -2.14. The first-order chi connectivity index (χ1) is 14.6. The molecule has 3 rings (SSSR count). The molecular formula is C25H31BrN2O2. The van der Waals surface area contributed by atoms with Gasteiger partial charge in [-0.15, -0.1) is 0 Å². The van der Waals surface area contributed by atoms with Crippen molar-refractivity contribution in [2.24, 2.45) is 0 Å². The van der Waals surface area contributed by atoms with E-state index in [-0.39, 0.29) is 17.9 Å². The fourth-order valence-electron chi connectivity index (χ4n) is 4.11. The van der Waals surface area contributed by atoms with Gasteiger partial charge >= 0.3 is 0 Å². The van der Waals surface area contributed by atoms with Crippen LogP contribution in [0, 0.1) is 0 Å². The van der Waals surface area contributed by atoms with E-state index in [9.17, 15) is 9.59 Å². The Morgan fingerprint density at radius 2 is 1.77 bits per heavy atom. The van der Waals surface area contributed by atoms with Crippen molar-refractivity contribution in [1.29, 1.82) is 0 Å². The normalized spacial score (nSPS) is 15.0. The van der Waals surface area contributed by atoms with Crippen LogP contribution in [0.15, 0.2) is 59.1 Å². The van der Waals surface area contributed by atoms with E-state index < -0.39 is 6.04 Å². The molecule has 1 fully saturated rings. The standard InChI is InChI=1S/C25H31BrN2O2/c1-2-9-24(29)28(18-20-12-8-13-21(26)16-20)23(17-19-10-4-3-5-11-19)25(30)27-22-14-6-7-15-22/h3-5,8,10-13,16,22-23H,2,6-7,9,14-15,17-18H2,1H3,(H,27,30). The van der Waals surface area contributed by atoms with E-state index >= 15 is 0 Å². The summed E-state index contributed by atoms with van der Waals surface area (Å²) in [5.41, 5.74) is 2.08. The molecule has 0 radical (unpaired) electrons. The molecule has 4 nitrogen and oxygen atoms in total. The van der Waals surface area contributed by atoms with Crippen LogP contribution < -0.4 is 5.32 Å². The molecule has 1 unspecified atom stereocenters. The Morgan fingerprint density at radius 1 is 1.07 bits per heavy atom. The molecule has 2 aromatic rings. The van der Waals surface area contributed by atoms with E-state index in [0.29, 0.717) is 19.4 Å². The lowest BCUT2D eigenvalue weighted by molar-refractivity contribution is -0.141. The molecule has 2 aromatic carbocycles. The maximum atomic E-state index is 13.4. The molecule has 30 heavy (non-hydrogen) atoms. The van der Waals surface area contributed by atoms with E-state index in [2.05, 4.69) is 21.2 Å². The zero-order chi connectivity index (χ0) is 21.3. The number of amides is 2. The summed E-state index contributed by atoms with van der Waals surface area (Å²) in [6.07, 6.45) is 6.08. The summed E-state index contributed by atoms with van der Waals surface area (Å²) in [6.45, 7) is 2.42. The third-order valence-corrected chi connectivity index (χ3v) is 6.17. The molecule has 0 heterocycles. The Kier molecular flexibility index (Phi) is 8.50. The summed E-state index contributed by atoms with van der Waals surface area (Å²) in [5.74, 6) is -0.00909. The molecule has 1 atom stereocenters. The van der Waals surface area contributed by atoms with Gasteiger partial charge in [0.25, 0.3) is 0 Å². The molecule has 0 spiro atoms. The molecule has 1 N–H and O–H groups in total. The van der Waals surface area contributed by atoms with Crippen LogP contribution in [-0.2, 0) is 22.6 Å². The number of benzene rings is 2. The summed E-state index contributed by atoms with van der Waals surface area (Å²) in [7, 11) is 0. The van der Waals surface area contributed by atoms with Crippen molar-refractivity contribution in [3.05, 3.63) is 70.2 Å². The van der Waals surface area contributed by atoms with Gasteiger partial charge in [0, 0.05) is 29.9 Å². The molecule has 2 amide bonds. The number of carbonyl (C=O) groups excluding carboxylic acids is 2. The van der Waals surface area contributed by atoms with Gasteiger partial charge in [0.05, 0.1) is 0 Å². The number of carbonyl (C=O) groups is 2. The van der Waals surface area contributed by atoms with Crippen LogP contribution in [0.2, 0.25) is 0 Å². The van der Waals surface area contributed by atoms with Crippen LogP contribution >= 0.6 is 15.9 Å². The largest absolute Gasteiger partial charge is 0.352 e. The van der Waals surface area contributed by atoms with E-state index in [4.69, 9.17) is 0 Å². The first-order valence-corrected chi connectivity index (χ1v) is 11.7. The highest BCUT2D eigenvalue weighted by Gasteiger charge is 2.31. The number of nitrogens with zero attached hydrogens (tertiary/aromatic N) is 1. The second-order valence-electron chi connectivity index (χ2n) is 8.10. The highest BCUT2D eigenvalue weighted by atomic mass is 79.9. The van der Waals surface area contributed by atoms with Crippen molar-refractivity contribution in [1.82, 2.24) is 10.2 Å². The average Bonchev–Trinajstić information content (AvgIpc) is 3.24. The first kappa shape index (κ1) is 22.5. The molecule has 0 aromatic heterocycles. The lowest BCUT2D eigenvalue weighted by Crippen LogP contribution is -2.52. The second-order valence-corrected chi connectivity index (χ2v) is 9.01. The summed E-state index contributed by atoms with van der Waals surface area (Å²) >= 11 is 3.52. The summed E-state index contributed by atoms with van der Waals surface area (Å²) < 4.78 is 0.970. The molecule has 5 heteroatoms. The maximum absolute atomic E-state index is 13.4. The van der Waals surface area contributed by atoms with Gasteiger partial charge in [0.15, 0.2) is 0 Å². The lowest BCUT2D eigenvalue weighted by atomic mass is 10.0. The van der Waals surface area contributed by atoms with E-state index in [1.54, 1.807) is 4.90 Å². The molecule has 160 valence electrons. The van der Waals surface area contributed by atoms with Gasteiger partial charge in [-0.05, 0) is 42.5 Å². The number of hydrogen-bond acceptors (Lipinski definition) is 2. The molecule has 0 aliphatic heterocycles. The Bertz CT molecular complexity index is 834. The van der Waals surface area contributed by atoms with Crippen LogP contribution in [-0.4, -0.2) is 28.8 Å². The molecule has 0 saturated heterocycles. The van der Waals surface area contributed by atoms with Crippen LogP contribution in [0.25, 0.3) is 0 Å². The van der Waals surface area contributed by atoms with Gasteiger partial charge < -0.3 is 10.2 Å². The van der Waals surface area contributed by atoms with Crippen molar-refractivity contribution in [3.8, 4) is 0 Å². The third kappa shape index (κ3) is 6.43. The monoisotopic (exact) mass is 470 g/mol. The van der Waals surface area contributed by atoms with Gasteiger partial charge in [-0.3, -0.25) is 9.59 Å². The zero-order valence-electron chi connectivity index (χ0n) is 17.6. The fraction of sp³-hybridized carbons (Fsp3) is 0.440. The third-order valence-electron chi connectivity index (χ3n) is 5.68. The van der Waals surface area contributed by atoms with Gasteiger partial charge in [-0.2, -0.15) is 0 Å². The van der Waals surface area contributed by atoms with Crippen LogP contribution in [0.3, 0.4) is 0 Å². The van der Waals surface area contributed by atoms with Crippen LogP contribution in [0.1, 0.15) is 56.6 Å². The quantitative estimate of drug-likeness (QED) is 0.543. The zero-order valence-corrected chi connectivity index (χ0v) is 19.2. The van der Waals surface area contributed by atoms with Gasteiger partial charge in [-0.25, -0.2) is 0 Å². The Labute approximate surface area is 188 Å². The number of halogens is 1. The molecule has 1 aliphatic carbocycles.